The molecule has 1 fully saturated rings. The molecule has 0 saturated heterocycles. The first kappa shape index (κ1) is 18.8. The van der Waals surface area contributed by atoms with E-state index in [2.05, 4.69) is 40.2 Å². The molecular formula is C23H24ClN7. The Bertz CT molecular complexity index is 1330. The fourth-order valence-electron chi connectivity index (χ4n) is 4.70. The van der Waals surface area contributed by atoms with Crippen LogP contribution >= 0.6 is 11.6 Å². The van der Waals surface area contributed by atoms with Crippen molar-refractivity contribution < 1.29 is 0 Å². The minimum absolute atomic E-state index is 0.534. The summed E-state index contributed by atoms with van der Waals surface area (Å²) < 4.78 is 1.99. The van der Waals surface area contributed by atoms with E-state index in [0.29, 0.717) is 23.4 Å². The largest absolute Gasteiger partial charge is 0.352 e. The highest BCUT2D eigenvalue weighted by Gasteiger charge is 2.30. The maximum atomic E-state index is 6.75. The average Bonchev–Trinajstić information content (AvgIpc) is 3.44. The van der Waals surface area contributed by atoms with Crippen molar-refractivity contribution in [1.29, 1.82) is 0 Å². The minimum Gasteiger partial charge on any atom is -0.352 e. The molecule has 4 aromatic rings. The Labute approximate surface area is 185 Å². The fraction of sp³-hybridized carbons (Fsp3) is 0.391. The molecule has 1 aliphatic carbocycles. The summed E-state index contributed by atoms with van der Waals surface area (Å²) in [6, 6.07) is 6.36. The number of rotatable bonds is 3. The molecule has 31 heavy (non-hydrogen) atoms. The lowest BCUT2D eigenvalue weighted by Gasteiger charge is -2.30. The molecule has 158 valence electrons. The third kappa shape index (κ3) is 3.02. The monoisotopic (exact) mass is 433 g/mol. The third-order valence-electron chi connectivity index (χ3n) is 6.55. The number of fused-ring (bicyclic) bond motifs is 2. The van der Waals surface area contributed by atoms with Crippen LogP contribution < -0.4 is 4.90 Å². The van der Waals surface area contributed by atoms with Crippen LogP contribution in [0.15, 0.2) is 18.2 Å². The van der Waals surface area contributed by atoms with E-state index in [1.165, 1.54) is 18.5 Å². The van der Waals surface area contributed by atoms with Crippen molar-refractivity contribution in [1.82, 2.24) is 29.9 Å². The van der Waals surface area contributed by atoms with E-state index in [-0.39, 0.29) is 0 Å². The average molecular weight is 434 g/mol. The Kier molecular flexibility index (Phi) is 4.12. The van der Waals surface area contributed by atoms with Crippen LogP contribution in [-0.2, 0) is 20.0 Å². The molecule has 1 N–H and O–H groups in total. The molecule has 0 unspecified atom stereocenters. The summed E-state index contributed by atoms with van der Waals surface area (Å²) in [6.45, 7) is 5.67. The zero-order valence-electron chi connectivity index (χ0n) is 17.9. The van der Waals surface area contributed by atoms with Crippen molar-refractivity contribution >= 4 is 28.3 Å². The standard InChI is InChI=1S/C23H24ClN7/c1-12-4-7-17-21(13(2)27-28-17)20(12)23-25-16-8-9-31(11-15(16)22(24)26-23)19-10-18(14-5-6-14)29-30(19)3/h4,7,10,14H,5-6,8-9,11H2,1-3H3,(H,27,28). The zero-order chi connectivity index (χ0) is 21.3. The van der Waals surface area contributed by atoms with Crippen LogP contribution in [0.3, 0.4) is 0 Å². The van der Waals surface area contributed by atoms with Crippen LogP contribution in [-0.4, -0.2) is 36.5 Å². The molecule has 8 heteroatoms. The second-order valence-corrected chi connectivity index (χ2v) is 9.11. The van der Waals surface area contributed by atoms with Gasteiger partial charge in [-0.1, -0.05) is 17.7 Å². The fourth-order valence-corrected chi connectivity index (χ4v) is 4.95. The normalized spacial score (nSPS) is 16.2. The number of hydrogen-bond donors (Lipinski definition) is 1. The number of hydrogen-bond acceptors (Lipinski definition) is 5. The van der Waals surface area contributed by atoms with Gasteiger partial charge in [-0.05, 0) is 38.3 Å². The van der Waals surface area contributed by atoms with Crippen LogP contribution in [0.4, 0.5) is 5.82 Å². The maximum Gasteiger partial charge on any atom is 0.162 e. The van der Waals surface area contributed by atoms with Crippen LogP contribution in [0.2, 0.25) is 5.15 Å². The van der Waals surface area contributed by atoms with Crippen LogP contribution in [0.5, 0.6) is 0 Å². The first-order chi connectivity index (χ1) is 15.0. The Balaban J connectivity index is 1.39. The second-order valence-electron chi connectivity index (χ2n) is 8.75. The number of nitrogens with one attached hydrogen (secondary N) is 1. The number of nitrogens with zero attached hydrogens (tertiary/aromatic N) is 6. The van der Waals surface area contributed by atoms with E-state index >= 15 is 0 Å². The number of benzene rings is 1. The van der Waals surface area contributed by atoms with Crippen LogP contribution in [0.25, 0.3) is 22.3 Å². The molecule has 1 saturated carbocycles. The molecule has 2 aliphatic rings. The lowest BCUT2D eigenvalue weighted by Crippen LogP contribution is -2.33. The molecular weight excluding hydrogens is 410 g/mol. The first-order valence-electron chi connectivity index (χ1n) is 10.8. The van der Waals surface area contributed by atoms with Gasteiger partial charge in [0, 0.05) is 55.1 Å². The summed E-state index contributed by atoms with van der Waals surface area (Å²) in [5.74, 6) is 2.47. The maximum absolute atomic E-state index is 6.75. The number of aromatic amines is 1. The van der Waals surface area contributed by atoms with Gasteiger partial charge in [0.15, 0.2) is 5.82 Å². The molecule has 0 spiro atoms. The minimum atomic E-state index is 0.534. The van der Waals surface area contributed by atoms with Gasteiger partial charge >= 0.3 is 0 Å². The van der Waals surface area contributed by atoms with Gasteiger partial charge in [0.05, 0.1) is 22.6 Å². The van der Waals surface area contributed by atoms with Gasteiger partial charge in [0.2, 0.25) is 0 Å². The van der Waals surface area contributed by atoms with E-state index in [9.17, 15) is 0 Å². The number of H-pyrrole nitrogens is 1. The Morgan fingerprint density at radius 2 is 2.00 bits per heavy atom. The predicted molar refractivity (Wildman–Crippen MR) is 122 cm³/mol. The molecule has 6 rings (SSSR count). The Hall–Kier alpha value is -2.93. The van der Waals surface area contributed by atoms with Gasteiger partial charge in [-0.3, -0.25) is 9.78 Å². The smallest absolute Gasteiger partial charge is 0.162 e. The first-order valence-corrected chi connectivity index (χ1v) is 11.2. The van der Waals surface area contributed by atoms with Gasteiger partial charge in [-0.15, -0.1) is 0 Å². The van der Waals surface area contributed by atoms with Crippen molar-refractivity contribution in [3.63, 3.8) is 0 Å². The van der Waals surface area contributed by atoms with Crippen molar-refractivity contribution in [3.05, 3.63) is 51.6 Å². The molecule has 1 aromatic carbocycles. The van der Waals surface area contributed by atoms with E-state index < -0.39 is 0 Å². The highest BCUT2D eigenvalue weighted by molar-refractivity contribution is 6.30. The Morgan fingerprint density at radius 3 is 2.81 bits per heavy atom. The van der Waals surface area contributed by atoms with Crippen molar-refractivity contribution in [2.75, 3.05) is 11.4 Å². The van der Waals surface area contributed by atoms with E-state index in [1.54, 1.807) is 0 Å². The summed E-state index contributed by atoms with van der Waals surface area (Å²) >= 11 is 6.75. The molecule has 0 radical (unpaired) electrons. The molecule has 4 heterocycles. The molecule has 3 aromatic heterocycles. The molecule has 7 nitrogen and oxygen atoms in total. The van der Waals surface area contributed by atoms with Crippen molar-refractivity contribution in [3.8, 4) is 11.4 Å². The summed E-state index contributed by atoms with van der Waals surface area (Å²) in [7, 11) is 2.02. The highest BCUT2D eigenvalue weighted by atomic mass is 35.5. The van der Waals surface area contributed by atoms with Gasteiger partial charge in [0.1, 0.15) is 11.0 Å². The number of anilines is 1. The zero-order valence-corrected chi connectivity index (χ0v) is 18.7. The van der Waals surface area contributed by atoms with Crippen LogP contribution in [0.1, 0.15) is 47.0 Å². The summed E-state index contributed by atoms with van der Waals surface area (Å²) in [5.41, 5.74) is 7.32. The van der Waals surface area contributed by atoms with Crippen LogP contribution in [0, 0.1) is 13.8 Å². The topological polar surface area (TPSA) is 75.5 Å². The van der Waals surface area contributed by atoms with E-state index in [4.69, 9.17) is 26.7 Å². The molecule has 0 bridgehead atoms. The number of halogens is 1. The molecule has 0 amide bonds. The summed E-state index contributed by atoms with van der Waals surface area (Å²) in [4.78, 5) is 12.1. The Morgan fingerprint density at radius 1 is 1.16 bits per heavy atom. The van der Waals surface area contributed by atoms with Gasteiger partial charge in [-0.25, -0.2) is 9.97 Å². The predicted octanol–water partition coefficient (Wildman–Crippen LogP) is 4.46. The van der Waals surface area contributed by atoms with E-state index in [1.807, 2.05) is 18.7 Å². The van der Waals surface area contributed by atoms with Gasteiger partial charge < -0.3 is 4.90 Å². The lowest BCUT2D eigenvalue weighted by atomic mass is 10.0. The van der Waals surface area contributed by atoms with Gasteiger partial charge in [-0.2, -0.15) is 10.2 Å². The SMILES string of the molecule is Cc1ccc2[nH]nc(C)c2c1-c1nc(Cl)c2c(n1)CCN(c1cc(C3CC3)nn1C)C2. The van der Waals surface area contributed by atoms with E-state index in [0.717, 1.165) is 57.8 Å². The molecule has 1 aliphatic heterocycles. The second kappa shape index (κ2) is 6.79. The number of aryl methyl sites for hydroxylation is 3. The lowest BCUT2D eigenvalue weighted by molar-refractivity contribution is 0.655. The van der Waals surface area contributed by atoms with Crippen molar-refractivity contribution in [2.24, 2.45) is 7.05 Å². The highest BCUT2D eigenvalue weighted by Crippen LogP contribution is 2.41. The summed E-state index contributed by atoms with van der Waals surface area (Å²) in [6.07, 6.45) is 3.34. The van der Waals surface area contributed by atoms with Crippen molar-refractivity contribution in [2.45, 2.75) is 45.6 Å². The summed E-state index contributed by atoms with van der Waals surface area (Å²) in [5, 5.41) is 13.8. The van der Waals surface area contributed by atoms with Gasteiger partial charge in [0.25, 0.3) is 0 Å². The number of aromatic nitrogens is 6. The molecule has 0 atom stereocenters. The quantitative estimate of drug-likeness (QED) is 0.482. The third-order valence-corrected chi connectivity index (χ3v) is 6.86.